The third-order valence-corrected chi connectivity index (χ3v) is 4.39. The van der Waals surface area contributed by atoms with E-state index >= 15 is 0 Å². The van der Waals surface area contributed by atoms with Crippen LogP contribution >= 0.6 is 0 Å². The average molecular weight is 393 g/mol. The topological polar surface area (TPSA) is 66.8 Å². The first kappa shape index (κ1) is 20.0. The minimum atomic E-state index is -4.77. The summed E-state index contributed by atoms with van der Waals surface area (Å²) in [6.07, 6.45) is -4.55. The summed E-state index contributed by atoms with van der Waals surface area (Å²) in [6, 6.07) is 10.6. The molecule has 0 aromatic heterocycles. The zero-order chi connectivity index (χ0) is 20.3. The highest BCUT2D eigenvalue weighted by atomic mass is 19.4. The van der Waals surface area contributed by atoms with E-state index in [1.54, 1.807) is 29.2 Å². The highest BCUT2D eigenvalue weighted by Gasteiger charge is 2.31. The van der Waals surface area contributed by atoms with E-state index in [9.17, 15) is 22.8 Å². The van der Waals surface area contributed by atoms with E-state index in [0.717, 1.165) is 11.1 Å². The van der Waals surface area contributed by atoms with Gasteiger partial charge >= 0.3 is 6.36 Å². The number of rotatable bonds is 5. The van der Waals surface area contributed by atoms with E-state index in [1.165, 1.54) is 18.2 Å². The van der Waals surface area contributed by atoms with E-state index in [2.05, 4.69) is 4.74 Å². The normalized spacial score (nSPS) is 15.1. The van der Waals surface area contributed by atoms with Gasteiger partial charge in [0.1, 0.15) is 12.4 Å². The molecular weight excluding hydrogens is 375 g/mol. The maximum atomic E-state index is 12.4. The maximum Gasteiger partial charge on any atom is 0.573 e. The second-order valence-corrected chi connectivity index (χ2v) is 6.62. The molecule has 8 heteroatoms. The monoisotopic (exact) mass is 393 g/mol. The fourth-order valence-corrected chi connectivity index (χ4v) is 3.24. The molecule has 0 fully saturated rings. The molecule has 0 atom stereocenters. The summed E-state index contributed by atoms with van der Waals surface area (Å²) in [5.41, 5.74) is 2.51. The third kappa shape index (κ3) is 5.17. The van der Waals surface area contributed by atoms with Crippen molar-refractivity contribution >= 4 is 11.6 Å². The van der Waals surface area contributed by atoms with E-state index in [1.807, 2.05) is 0 Å². The van der Waals surface area contributed by atoms with E-state index < -0.39 is 18.8 Å². The Morgan fingerprint density at radius 1 is 1.11 bits per heavy atom. The molecule has 3 rings (SSSR count). The minimum Gasteiger partial charge on any atom is -0.406 e. The van der Waals surface area contributed by atoms with Crippen molar-refractivity contribution in [3.63, 3.8) is 0 Å². The highest BCUT2D eigenvalue weighted by Crippen LogP contribution is 2.25. The van der Waals surface area contributed by atoms with Crippen LogP contribution in [0.4, 0.5) is 13.2 Å². The molecule has 0 unspecified atom stereocenters. The number of carbonyl (C=O) groups is 2. The molecule has 0 spiro atoms. The lowest BCUT2D eigenvalue weighted by Crippen LogP contribution is -2.27. The molecule has 1 aliphatic rings. The third-order valence-electron chi connectivity index (χ3n) is 4.39. The van der Waals surface area contributed by atoms with Crippen LogP contribution < -0.4 is 4.74 Å². The lowest BCUT2D eigenvalue weighted by Gasteiger charge is -2.20. The van der Waals surface area contributed by atoms with Gasteiger partial charge in [0.15, 0.2) is 11.6 Å². The smallest absolute Gasteiger partial charge is 0.406 e. The number of alkyl halides is 3. The Balaban J connectivity index is 1.81. The number of carbonyl (C=O) groups excluding carboxylic acids is 2. The lowest BCUT2D eigenvalue weighted by atomic mass is 9.99. The summed E-state index contributed by atoms with van der Waals surface area (Å²) < 4.78 is 41.2. The number of Topliss-reactive ketones (excluding diaryl/α,β-unsaturated/α-hetero) is 2. The zero-order valence-corrected chi connectivity index (χ0v) is 14.8. The van der Waals surface area contributed by atoms with Gasteiger partial charge in [-0.25, -0.2) is 0 Å². The summed E-state index contributed by atoms with van der Waals surface area (Å²) in [4.78, 5) is 25.8. The van der Waals surface area contributed by atoms with Crippen molar-refractivity contribution in [2.75, 3.05) is 13.2 Å². The van der Waals surface area contributed by atoms with Gasteiger partial charge in [0.25, 0.3) is 0 Å². The zero-order valence-electron chi connectivity index (χ0n) is 14.8. The number of ether oxygens (including phenoxy) is 1. The van der Waals surface area contributed by atoms with Crippen LogP contribution in [-0.4, -0.2) is 41.1 Å². The molecule has 0 amide bonds. The van der Waals surface area contributed by atoms with Gasteiger partial charge in [-0.3, -0.25) is 14.5 Å². The first-order chi connectivity index (χ1) is 13.2. The van der Waals surface area contributed by atoms with Crippen molar-refractivity contribution < 1.29 is 32.6 Å². The molecule has 0 bridgehead atoms. The number of benzene rings is 2. The van der Waals surface area contributed by atoms with Gasteiger partial charge < -0.3 is 9.84 Å². The van der Waals surface area contributed by atoms with Gasteiger partial charge in [-0.15, -0.1) is 13.2 Å². The molecule has 1 aliphatic heterocycles. The van der Waals surface area contributed by atoms with E-state index in [4.69, 9.17) is 5.11 Å². The van der Waals surface area contributed by atoms with Crippen LogP contribution in [0.3, 0.4) is 0 Å². The largest absolute Gasteiger partial charge is 0.573 e. The Kier molecular flexibility index (Phi) is 5.81. The number of aliphatic hydroxyl groups is 1. The molecular formula is C20H18F3NO4. The molecule has 2 aromatic rings. The molecule has 148 valence electrons. The second kappa shape index (κ2) is 8.12. The number of nitrogens with zero attached hydrogens (tertiary/aromatic N) is 1. The summed E-state index contributed by atoms with van der Waals surface area (Å²) in [5.74, 6) is -0.757. The van der Waals surface area contributed by atoms with Crippen LogP contribution in [0, 0.1) is 0 Å². The van der Waals surface area contributed by atoms with Crippen LogP contribution in [0.5, 0.6) is 5.75 Å². The van der Waals surface area contributed by atoms with Crippen molar-refractivity contribution in [1.82, 2.24) is 4.90 Å². The van der Waals surface area contributed by atoms with Crippen molar-refractivity contribution in [2.45, 2.75) is 25.9 Å². The maximum absolute atomic E-state index is 12.4. The van der Waals surface area contributed by atoms with Crippen LogP contribution in [0.2, 0.25) is 0 Å². The molecule has 5 nitrogen and oxygen atoms in total. The molecule has 0 aliphatic carbocycles. The van der Waals surface area contributed by atoms with Gasteiger partial charge in [0.2, 0.25) is 0 Å². The van der Waals surface area contributed by atoms with Crippen LogP contribution in [0.1, 0.15) is 27.0 Å². The molecule has 1 N–H and O–H groups in total. The number of aliphatic hydroxyl groups excluding tert-OH is 1. The lowest BCUT2D eigenvalue weighted by molar-refractivity contribution is -0.274. The molecule has 0 saturated heterocycles. The van der Waals surface area contributed by atoms with Crippen LogP contribution in [0.25, 0.3) is 0 Å². The predicted molar refractivity (Wildman–Crippen MR) is 93.8 cm³/mol. The van der Waals surface area contributed by atoms with Gasteiger partial charge in [-0.05, 0) is 34.9 Å². The van der Waals surface area contributed by atoms with Gasteiger partial charge in [-0.2, -0.15) is 0 Å². The standard InChI is InChI=1S/C20H18F3NO4/c21-20(22,23)28-18-3-1-2-13(6-18)9-24-10-16-7-15(19(27)12-25)5-4-14(16)8-17(26)11-24/h1-7,25H,8-12H2. The average Bonchev–Trinajstić information content (AvgIpc) is 2.76. The van der Waals surface area contributed by atoms with Gasteiger partial charge in [0, 0.05) is 25.1 Å². The first-order valence-corrected chi connectivity index (χ1v) is 8.58. The fraction of sp³-hybridized carbons (Fsp3) is 0.300. The van der Waals surface area contributed by atoms with Crippen LogP contribution in [0.15, 0.2) is 42.5 Å². The van der Waals surface area contributed by atoms with E-state index in [-0.39, 0.29) is 31.0 Å². The van der Waals surface area contributed by atoms with Crippen molar-refractivity contribution in [2.24, 2.45) is 0 Å². The number of ketones is 2. The fourth-order valence-electron chi connectivity index (χ4n) is 3.24. The quantitative estimate of drug-likeness (QED) is 0.792. The van der Waals surface area contributed by atoms with Gasteiger partial charge in [0.05, 0.1) is 6.54 Å². The molecule has 2 aromatic carbocycles. The number of hydrogen-bond donors (Lipinski definition) is 1. The molecule has 28 heavy (non-hydrogen) atoms. The van der Waals surface area contributed by atoms with Crippen molar-refractivity contribution in [3.8, 4) is 5.75 Å². The summed E-state index contributed by atoms with van der Waals surface area (Å²) in [5, 5.41) is 9.04. The predicted octanol–water partition coefficient (Wildman–Crippen LogP) is 2.89. The van der Waals surface area contributed by atoms with E-state index in [0.29, 0.717) is 17.7 Å². The molecule has 1 heterocycles. The molecule has 0 radical (unpaired) electrons. The SMILES string of the molecule is O=C1Cc2ccc(C(=O)CO)cc2CN(Cc2cccc(OC(F)(F)F)c2)C1. The Bertz CT molecular complexity index is 895. The van der Waals surface area contributed by atoms with Crippen LogP contribution in [-0.2, 0) is 24.3 Å². The Morgan fingerprint density at radius 2 is 1.89 bits per heavy atom. The minimum absolute atomic E-state index is 0.0253. The Labute approximate surface area is 159 Å². The van der Waals surface area contributed by atoms with Crippen molar-refractivity contribution in [1.29, 1.82) is 0 Å². The number of halogens is 3. The Morgan fingerprint density at radius 3 is 2.61 bits per heavy atom. The first-order valence-electron chi connectivity index (χ1n) is 8.58. The van der Waals surface area contributed by atoms with Crippen molar-refractivity contribution in [3.05, 3.63) is 64.7 Å². The summed E-state index contributed by atoms with van der Waals surface area (Å²) >= 11 is 0. The second-order valence-electron chi connectivity index (χ2n) is 6.62. The number of hydrogen-bond acceptors (Lipinski definition) is 5. The molecule has 0 saturated carbocycles. The highest BCUT2D eigenvalue weighted by molar-refractivity contribution is 5.97. The summed E-state index contributed by atoms with van der Waals surface area (Å²) in [7, 11) is 0. The number of fused-ring (bicyclic) bond motifs is 1. The van der Waals surface area contributed by atoms with Gasteiger partial charge in [-0.1, -0.05) is 24.3 Å². The Hall–Kier alpha value is -2.71. The summed E-state index contributed by atoms with van der Waals surface area (Å²) in [6.45, 7) is 0.145.